The minimum atomic E-state index is -0.0927. The van der Waals surface area contributed by atoms with Gasteiger partial charge in [0.2, 0.25) is 0 Å². The zero-order valence-corrected chi connectivity index (χ0v) is 11.4. The van der Waals surface area contributed by atoms with E-state index in [0.29, 0.717) is 13.1 Å². The van der Waals surface area contributed by atoms with Crippen LogP contribution >= 0.6 is 0 Å². The molecular formula is C12H21N5O. The predicted molar refractivity (Wildman–Crippen MR) is 71.7 cm³/mol. The van der Waals surface area contributed by atoms with Crippen molar-refractivity contribution in [3.05, 3.63) is 17.6 Å². The molecule has 6 heteroatoms. The van der Waals surface area contributed by atoms with Crippen LogP contribution < -0.4 is 10.6 Å². The Kier molecular flexibility index (Phi) is 5.35. The Hall–Kier alpha value is -1.85. The number of hydrogen-bond acceptors (Lipinski definition) is 4. The highest BCUT2D eigenvalue weighted by atomic mass is 16.2. The SMILES string of the molecule is CCc1cc(NCCNC(=O)N(C)C)nc(C)n1. The highest BCUT2D eigenvalue weighted by molar-refractivity contribution is 5.73. The van der Waals surface area contributed by atoms with Crippen molar-refractivity contribution in [3.63, 3.8) is 0 Å². The van der Waals surface area contributed by atoms with Crippen molar-refractivity contribution in [1.29, 1.82) is 0 Å². The van der Waals surface area contributed by atoms with Crippen molar-refractivity contribution in [1.82, 2.24) is 20.2 Å². The van der Waals surface area contributed by atoms with Crippen LogP contribution in [0, 0.1) is 6.92 Å². The molecule has 0 aliphatic rings. The first kappa shape index (κ1) is 14.2. The molecule has 0 atom stereocenters. The zero-order chi connectivity index (χ0) is 13.5. The molecule has 1 rings (SSSR count). The van der Waals surface area contributed by atoms with Crippen LogP contribution in [0.4, 0.5) is 10.6 Å². The number of urea groups is 1. The highest BCUT2D eigenvalue weighted by Crippen LogP contribution is 2.06. The predicted octanol–water partition coefficient (Wildman–Crippen LogP) is 1.03. The van der Waals surface area contributed by atoms with Gasteiger partial charge in [0.05, 0.1) is 0 Å². The van der Waals surface area contributed by atoms with E-state index in [1.165, 1.54) is 4.90 Å². The summed E-state index contributed by atoms with van der Waals surface area (Å²) in [5.74, 6) is 1.56. The monoisotopic (exact) mass is 251 g/mol. The number of aryl methyl sites for hydroxylation is 2. The molecule has 0 saturated carbocycles. The smallest absolute Gasteiger partial charge is 0.316 e. The van der Waals surface area contributed by atoms with Crippen molar-refractivity contribution in [2.24, 2.45) is 0 Å². The third-order valence-electron chi connectivity index (χ3n) is 2.37. The first-order chi connectivity index (χ1) is 8.52. The van der Waals surface area contributed by atoms with Gasteiger partial charge < -0.3 is 15.5 Å². The number of aromatic nitrogens is 2. The summed E-state index contributed by atoms with van der Waals surface area (Å²) in [7, 11) is 3.42. The molecular weight excluding hydrogens is 230 g/mol. The van der Waals surface area contributed by atoms with Crippen molar-refractivity contribution >= 4 is 11.8 Å². The van der Waals surface area contributed by atoms with E-state index < -0.39 is 0 Å². The van der Waals surface area contributed by atoms with Crippen molar-refractivity contribution in [2.75, 3.05) is 32.5 Å². The number of carbonyl (C=O) groups excluding carboxylic acids is 1. The first-order valence-corrected chi connectivity index (χ1v) is 6.06. The van der Waals surface area contributed by atoms with Gasteiger partial charge in [-0.05, 0) is 13.3 Å². The Balaban J connectivity index is 2.39. The van der Waals surface area contributed by atoms with E-state index in [9.17, 15) is 4.79 Å². The molecule has 0 saturated heterocycles. The maximum Gasteiger partial charge on any atom is 0.316 e. The van der Waals surface area contributed by atoms with E-state index in [0.717, 1.165) is 23.8 Å². The van der Waals surface area contributed by atoms with Gasteiger partial charge in [-0.3, -0.25) is 0 Å². The van der Waals surface area contributed by atoms with Crippen molar-refractivity contribution in [3.8, 4) is 0 Å². The normalized spacial score (nSPS) is 10.0. The Morgan fingerprint density at radius 1 is 1.33 bits per heavy atom. The number of carbonyl (C=O) groups is 1. The third-order valence-corrected chi connectivity index (χ3v) is 2.37. The standard InChI is InChI=1S/C12H21N5O/c1-5-10-8-11(16-9(2)15-10)13-6-7-14-12(18)17(3)4/h8H,5-7H2,1-4H3,(H,14,18)(H,13,15,16). The molecule has 2 amide bonds. The van der Waals surface area contributed by atoms with Crippen LogP contribution in [0.3, 0.4) is 0 Å². The van der Waals surface area contributed by atoms with Crippen molar-refractivity contribution < 1.29 is 4.79 Å². The molecule has 18 heavy (non-hydrogen) atoms. The number of nitrogens with zero attached hydrogens (tertiary/aromatic N) is 3. The fraction of sp³-hybridized carbons (Fsp3) is 0.583. The Morgan fingerprint density at radius 2 is 2.06 bits per heavy atom. The second-order valence-corrected chi connectivity index (χ2v) is 4.20. The number of nitrogens with one attached hydrogen (secondary N) is 2. The summed E-state index contributed by atoms with van der Waals surface area (Å²) in [5, 5.41) is 5.95. The minimum absolute atomic E-state index is 0.0927. The van der Waals surface area contributed by atoms with E-state index in [1.807, 2.05) is 13.0 Å². The Labute approximate surface area is 108 Å². The third kappa shape index (κ3) is 4.57. The van der Waals surface area contributed by atoms with Gasteiger partial charge in [-0.1, -0.05) is 6.92 Å². The van der Waals surface area contributed by atoms with Crippen LogP contribution in [0.25, 0.3) is 0 Å². The van der Waals surface area contributed by atoms with Crippen LogP contribution in [0.5, 0.6) is 0 Å². The highest BCUT2D eigenvalue weighted by Gasteiger charge is 2.02. The Bertz CT molecular complexity index is 405. The molecule has 2 N–H and O–H groups in total. The first-order valence-electron chi connectivity index (χ1n) is 6.06. The molecule has 0 fully saturated rings. The number of hydrogen-bond donors (Lipinski definition) is 2. The van der Waals surface area contributed by atoms with Gasteiger partial charge in [-0.2, -0.15) is 0 Å². The lowest BCUT2D eigenvalue weighted by atomic mass is 10.3. The minimum Gasteiger partial charge on any atom is -0.368 e. The van der Waals surface area contributed by atoms with Gasteiger partial charge in [0, 0.05) is 38.9 Å². The number of anilines is 1. The lowest BCUT2D eigenvalue weighted by molar-refractivity contribution is 0.218. The lowest BCUT2D eigenvalue weighted by Gasteiger charge is -2.12. The van der Waals surface area contributed by atoms with E-state index in [2.05, 4.69) is 27.5 Å². The zero-order valence-electron chi connectivity index (χ0n) is 11.4. The van der Waals surface area contributed by atoms with E-state index in [-0.39, 0.29) is 6.03 Å². The van der Waals surface area contributed by atoms with Gasteiger partial charge in [0.25, 0.3) is 0 Å². The van der Waals surface area contributed by atoms with E-state index >= 15 is 0 Å². The molecule has 0 bridgehead atoms. The maximum absolute atomic E-state index is 11.3. The van der Waals surface area contributed by atoms with Crippen LogP contribution in [0.2, 0.25) is 0 Å². The molecule has 0 aliphatic heterocycles. The molecule has 0 radical (unpaired) electrons. The molecule has 0 unspecified atom stereocenters. The van der Waals surface area contributed by atoms with Crippen LogP contribution in [-0.2, 0) is 6.42 Å². The van der Waals surface area contributed by atoms with Gasteiger partial charge in [-0.15, -0.1) is 0 Å². The summed E-state index contributed by atoms with van der Waals surface area (Å²) < 4.78 is 0. The van der Waals surface area contributed by atoms with Crippen LogP contribution in [0.1, 0.15) is 18.4 Å². The average Bonchev–Trinajstić information content (AvgIpc) is 2.33. The fourth-order valence-corrected chi connectivity index (χ4v) is 1.42. The Morgan fingerprint density at radius 3 is 2.67 bits per heavy atom. The topological polar surface area (TPSA) is 70.2 Å². The molecule has 1 aromatic heterocycles. The molecule has 0 aliphatic carbocycles. The van der Waals surface area contributed by atoms with Crippen molar-refractivity contribution in [2.45, 2.75) is 20.3 Å². The molecule has 0 aromatic carbocycles. The summed E-state index contributed by atoms with van der Waals surface area (Å²) >= 11 is 0. The maximum atomic E-state index is 11.3. The number of amides is 2. The summed E-state index contributed by atoms with van der Waals surface area (Å²) in [6, 6.07) is 1.84. The van der Waals surface area contributed by atoms with E-state index in [1.54, 1.807) is 14.1 Å². The molecule has 100 valence electrons. The second kappa shape index (κ2) is 6.78. The van der Waals surface area contributed by atoms with Crippen LogP contribution in [0.15, 0.2) is 6.07 Å². The number of rotatable bonds is 5. The van der Waals surface area contributed by atoms with E-state index in [4.69, 9.17) is 0 Å². The summed E-state index contributed by atoms with van der Waals surface area (Å²) in [6.07, 6.45) is 0.884. The summed E-state index contributed by atoms with van der Waals surface area (Å²) in [4.78, 5) is 21.4. The average molecular weight is 251 g/mol. The second-order valence-electron chi connectivity index (χ2n) is 4.20. The van der Waals surface area contributed by atoms with Crippen LogP contribution in [-0.4, -0.2) is 48.1 Å². The molecule has 1 heterocycles. The summed E-state index contributed by atoms with van der Waals surface area (Å²) in [6.45, 7) is 5.13. The molecule has 1 aromatic rings. The summed E-state index contributed by atoms with van der Waals surface area (Å²) in [5.41, 5.74) is 1.02. The molecule has 0 spiro atoms. The lowest BCUT2D eigenvalue weighted by Crippen LogP contribution is -2.37. The van der Waals surface area contributed by atoms with Gasteiger partial charge in [0.1, 0.15) is 11.6 Å². The molecule has 6 nitrogen and oxygen atoms in total. The fourth-order valence-electron chi connectivity index (χ4n) is 1.42. The van der Waals surface area contributed by atoms with Gasteiger partial charge >= 0.3 is 6.03 Å². The van der Waals surface area contributed by atoms with Gasteiger partial charge in [0.15, 0.2) is 0 Å². The largest absolute Gasteiger partial charge is 0.368 e. The van der Waals surface area contributed by atoms with Gasteiger partial charge in [-0.25, -0.2) is 14.8 Å². The quantitative estimate of drug-likeness (QED) is 0.767.